The number of amides is 1. The molecule has 0 aliphatic carbocycles. The number of rotatable bonds is 5. The molecule has 2 N–H and O–H groups in total. The number of carbonyl (C=O) groups excluding carboxylic acids is 1. The van der Waals surface area contributed by atoms with Crippen molar-refractivity contribution in [1.29, 1.82) is 0 Å². The summed E-state index contributed by atoms with van der Waals surface area (Å²) in [5, 5.41) is 6.02. The maximum Gasteiger partial charge on any atom is 0.274 e. The average Bonchev–Trinajstić information content (AvgIpc) is 2.67. The van der Waals surface area contributed by atoms with Gasteiger partial charge in [0, 0.05) is 18.4 Å². The van der Waals surface area contributed by atoms with Crippen molar-refractivity contribution in [3.05, 3.63) is 83.7 Å². The molecule has 1 heterocycles. The second-order valence-electron chi connectivity index (χ2n) is 7.39. The average molecular weight is 360 g/mol. The number of aromatic nitrogens is 2. The number of hydrogen-bond acceptors (Lipinski definition) is 4. The highest BCUT2D eigenvalue weighted by molar-refractivity contribution is 6.02. The zero-order chi connectivity index (χ0) is 19.3. The van der Waals surface area contributed by atoms with E-state index in [1.54, 1.807) is 12.3 Å². The van der Waals surface area contributed by atoms with E-state index in [9.17, 15) is 4.79 Å². The van der Waals surface area contributed by atoms with Crippen LogP contribution in [-0.2, 0) is 12.0 Å². The first kappa shape index (κ1) is 18.6. The van der Waals surface area contributed by atoms with Crippen LogP contribution in [0.25, 0.3) is 0 Å². The van der Waals surface area contributed by atoms with Crippen molar-refractivity contribution in [1.82, 2.24) is 9.97 Å². The lowest BCUT2D eigenvalue weighted by Gasteiger charge is -2.19. The third kappa shape index (κ3) is 5.14. The van der Waals surface area contributed by atoms with Crippen molar-refractivity contribution in [3.8, 4) is 0 Å². The Bertz CT molecular complexity index is 900. The highest BCUT2D eigenvalue weighted by atomic mass is 16.1. The molecule has 2 aromatic carbocycles. The molecule has 0 saturated carbocycles. The molecule has 3 aromatic rings. The maximum atomic E-state index is 12.5. The van der Waals surface area contributed by atoms with Crippen molar-refractivity contribution in [3.63, 3.8) is 0 Å². The van der Waals surface area contributed by atoms with Crippen LogP contribution in [0.15, 0.2) is 66.9 Å². The van der Waals surface area contributed by atoms with Gasteiger partial charge >= 0.3 is 0 Å². The predicted molar refractivity (Wildman–Crippen MR) is 109 cm³/mol. The highest BCUT2D eigenvalue weighted by Gasteiger charge is 2.14. The summed E-state index contributed by atoms with van der Waals surface area (Å²) >= 11 is 0. The first-order valence-electron chi connectivity index (χ1n) is 8.94. The van der Waals surface area contributed by atoms with E-state index in [-0.39, 0.29) is 11.3 Å². The Labute approximate surface area is 159 Å². The van der Waals surface area contributed by atoms with E-state index in [1.807, 2.05) is 54.6 Å². The Morgan fingerprint density at radius 3 is 2.33 bits per heavy atom. The quantitative estimate of drug-likeness (QED) is 0.696. The van der Waals surface area contributed by atoms with Gasteiger partial charge in [-0.2, -0.15) is 0 Å². The molecule has 138 valence electrons. The molecule has 0 fully saturated rings. The molecule has 5 nitrogen and oxygen atoms in total. The van der Waals surface area contributed by atoms with E-state index >= 15 is 0 Å². The smallest absolute Gasteiger partial charge is 0.274 e. The molecule has 27 heavy (non-hydrogen) atoms. The molecular weight excluding hydrogens is 336 g/mol. The summed E-state index contributed by atoms with van der Waals surface area (Å²) in [7, 11) is 0. The summed E-state index contributed by atoms with van der Waals surface area (Å²) in [4.78, 5) is 21.0. The van der Waals surface area contributed by atoms with Gasteiger partial charge in [0.1, 0.15) is 5.69 Å². The second kappa shape index (κ2) is 7.99. The lowest BCUT2D eigenvalue weighted by Crippen LogP contribution is -2.16. The number of nitrogens with one attached hydrogen (secondary N) is 2. The number of carbonyl (C=O) groups is 1. The van der Waals surface area contributed by atoms with Gasteiger partial charge in [-0.05, 0) is 34.7 Å². The van der Waals surface area contributed by atoms with Crippen molar-refractivity contribution in [2.75, 3.05) is 10.6 Å². The van der Waals surface area contributed by atoms with Crippen molar-refractivity contribution in [2.45, 2.75) is 32.7 Å². The van der Waals surface area contributed by atoms with Crippen LogP contribution in [0, 0.1) is 0 Å². The lowest BCUT2D eigenvalue weighted by atomic mass is 9.87. The van der Waals surface area contributed by atoms with Crippen LogP contribution in [0.4, 0.5) is 11.6 Å². The van der Waals surface area contributed by atoms with Gasteiger partial charge in [0.15, 0.2) is 0 Å². The van der Waals surface area contributed by atoms with Crippen LogP contribution in [0.2, 0.25) is 0 Å². The van der Waals surface area contributed by atoms with Crippen LogP contribution < -0.4 is 10.6 Å². The minimum Gasteiger partial charge on any atom is -0.350 e. The Hall–Kier alpha value is -3.21. The summed E-state index contributed by atoms with van der Waals surface area (Å²) in [5.41, 5.74) is 3.48. The fraction of sp³-hybridized carbons (Fsp3) is 0.227. The zero-order valence-corrected chi connectivity index (χ0v) is 15.9. The summed E-state index contributed by atoms with van der Waals surface area (Å²) < 4.78 is 0. The minimum absolute atomic E-state index is 0.0779. The maximum absolute atomic E-state index is 12.5. The van der Waals surface area contributed by atoms with Gasteiger partial charge in [0.05, 0.1) is 0 Å². The van der Waals surface area contributed by atoms with E-state index in [1.165, 1.54) is 5.56 Å². The molecule has 0 aliphatic heterocycles. The van der Waals surface area contributed by atoms with Gasteiger partial charge in [-0.1, -0.05) is 63.2 Å². The normalized spacial score (nSPS) is 11.1. The molecule has 0 aliphatic rings. The molecule has 0 radical (unpaired) electrons. The summed E-state index contributed by atoms with van der Waals surface area (Å²) in [6, 6.07) is 19.5. The Morgan fingerprint density at radius 1 is 0.963 bits per heavy atom. The van der Waals surface area contributed by atoms with Crippen molar-refractivity contribution < 1.29 is 4.79 Å². The molecule has 0 unspecified atom stereocenters. The van der Waals surface area contributed by atoms with Gasteiger partial charge in [-0.25, -0.2) is 9.97 Å². The van der Waals surface area contributed by atoms with E-state index in [2.05, 4.69) is 41.4 Å². The molecule has 0 saturated heterocycles. The van der Waals surface area contributed by atoms with E-state index in [4.69, 9.17) is 0 Å². The van der Waals surface area contributed by atoms with Crippen molar-refractivity contribution >= 4 is 17.5 Å². The highest BCUT2D eigenvalue weighted by Crippen LogP contribution is 2.23. The molecular formula is C22H24N4O. The lowest BCUT2D eigenvalue weighted by molar-refractivity contribution is 0.102. The Balaban J connectivity index is 1.64. The summed E-state index contributed by atoms with van der Waals surface area (Å²) in [6.45, 7) is 7.07. The van der Waals surface area contributed by atoms with Gasteiger partial charge < -0.3 is 10.6 Å². The predicted octanol–water partition coefficient (Wildman–Crippen LogP) is 4.64. The number of hydrogen-bond donors (Lipinski definition) is 2. The van der Waals surface area contributed by atoms with Crippen LogP contribution in [0.5, 0.6) is 0 Å². The van der Waals surface area contributed by atoms with Crippen molar-refractivity contribution in [2.24, 2.45) is 0 Å². The van der Waals surface area contributed by atoms with E-state index < -0.39 is 0 Å². The van der Waals surface area contributed by atoms with Gasteiger partial charge in [0.25, 0.3) is 5.91 Å². The third-order valence-corrected chi connectivity index (χ3v) is 4.19. The molecule has 0 atom stereocenters. The fourth-order valence-corrected chi connectivity index (χ4v) is 2.60. The Morgan fingerprint density at radius 2 is 1.67 bits per heavy atom. The summed E-state index contributed by atoms with van der Waals surface area (Å²) in [5.74, 6) is 0.165. The number of benzene rings is 2. The molecule has 0 spiro atoms. The molecule has 5 heteroatoms. The van der Waals surface area contributed by atoms with E-state index in [0.29, 0.717) is 18.2 Å². The first-order chi connectivity index (χ1) is 12.9. The third-order valence-electron chi connectivity index (χ3n) is 4.19. The second-order valence-corrected chi connectivity index (χ2v) is 7.39. The minimum atomic E-state index is -0.260. The fourth-order valence-electron chi connectivity index (χ4n) is 2.60. The van der Waals surface area contributed by atoms with Crippen LogP contribution >= 0.6 is 0 Å². The van der Waals surface area contributed by atoms with Gasteiger partial charge in [0.2, 0.25) is 5.95 Å². The van der Waals surface area contributed by atoms with E-state index in [0.717, 1.165) is 11.3 Å². The largest absolute Gasteiger partial charge is 0.350 e. The SMILES string of the molecule is CC(C)(C)c1ccc(NC(=O)c2ccnc(NCc3ccccc3)n2)cc1. The standard InChI is InChI=1S/C22H24N4O/c1-22(2,3)17-9-11-18(12-10-17)25-20(27)19-13-14-23-21(26-19)24-15-16-7-5-4-6-8-16/h4-14H,15H2,1-3H3,(H,25,27)(H,23,24,26). The molecule has 0 bridgehead atoms. The number of nitrogens with zero attached hydrogens (tertiary/aromatic N) is 2. The molecule has 3 rings (SSSR count). The monoisotopic (exact) mass is 360 g/mol. The topological polar surface area (TPSA) is 66.9 Å². The summed E-state index contributed by atoms with van der Waals surface area (Å²) in [6.07, 6.45) is 1.58. The Kier molecular flexibility index (Phi) is 5.50. The zero-order valence-electron chi connectivity index (χ0n) is 15.9. The van der Waals surface area contributed by atoms with Crippen LogP contribution in [0.1, 0.15) is 42.4 Å². The molecule has 1 amide bonds. The number of anilines is 2. The first-order valence-corrected chi connectivity index (χ1v) is 8.94. The van der Waals surface area contributed by atoms with Crippen LogP contribution in [-0.4, -0.2) is 15.9 Å². The van der Waals surface area contributed by atoms with Gasteiger partial charge in [-0.3, -0.25) is 4.79 Å². The van der Waals surface area contributed by atoms with Gasteiger partial charge in [-0.15, -0.1) is 0 Å². The molecule has 1 aromatic heterocycles. The van der Waals surface area contributed by atoms with Crippen LogP contribution in [0.3, 0.4) is 0 Å².